The first-order valence-electron chi connectivity index (χ1n) is 3.87. The van der Waals surface area contributed by atoms with E-state index in [4.69, 9.17) is 5.73 Å². The second-order valence-electron chi connectivity index (χ2n) is 3.44. The molecule has 0 bridgehead atoms. The molecular weight excluding hydrogens is 126 g/mol. The smallest absolute Gasteiger partial charge is 0.152 e. The summed E-state index contributed by atoms with van der Waals surface area (Å²) in [5.74, 6) is 0.728. The molecule has 0 atom stereocenters. The van der Waals surface area contributed by atoms with Crippen LogP contribution >= 0.6 is 0 Å². The molecule has 2 heteroatoms. The van der Waals surface area contributed by atoms with Crippen molar-refractivity contribution in [2.45, 2.75) is 26.7 Å². The van der Waals surface area contributed by atoms with Crippen LogP contribution in [0.3, 0.4) is 0 Å². The topological polar surface area (TPSA) is 43.1 Å². The van der Waals surface area contributed by atoms with E-state index in [1.54, 1.807) is 0 Å². The molecule has 0 aromatic rings. The summed E-state index contributed by atoms with van der Waals surface area (Å²) in [6, 6.07) is 0. The lowest BCUT2D eigenvalue weighted by Gasteiger charge is -2.16. The molecule has 0 amide bonds. The lowest BCUT2D eigenvalue weighted by Crippen LogP contribution is -2.28. The number of nitrogens with two attached hydrogens (primary N) is 1. The Morgan fingerprint density at radius 2 is 2.10 bits per heavy atom. The van der Waals surface area contributed by atoms with Crippen LogP contribution < -0.4 is 5.73 Å². The average Bonchev–Trinajstić information content (AvgIpc) is 2.65. The molecule has 1 saturated carbocycles. The van der Waals surface area contributed by atoms with Crippen molar-refractivity contribution in [1.29, 1.82) is 0 Å². The number of rotatable bonds is 3. The van der Waals surface area contributed by atoms with E-state index in [9.17, 15) is 4.79 Å². The van der Waals surface area contributed by atoms with Gasteiger partial charge in [0.05, 0.1) is 6.54 Å². The van der Waals surface area contributed by atoms with Gasteiger partial charge in [0.25, 0.3) is 0 Å². The molecule has 0 aromatic heterocycles. The van der Waals surface area contributed by atoms with Crippen molar-refractivity contribution in [1.82, 2.24) is 0 Å². The van der Waals surface area contributed by atoms with Gasteiger partial charge in [0.1, 0.15) is 0 Å². The fourth-order valence-electron chi connectivity index (χ4n) is 1.52. The van der Waals surface area contributed by atoms with Crippen molar-refractivity contribution in [2.24, 2.45) is 17.1 Å². The Balaban J connectivity index is 2.60. The van der Waals surface area contributed by atoms with E-state index in [1.165, 1.54) is 0 Å². The van der Waals surface area contributed by atoms with Gasteiger partial charge in [-0.3, -0.25) is 4.79 Å². The van der Waals surface area contributed by atoms with Crippen LogP contribution in [0.1, 0.15) is 26.7 Å². The Morgan fingerprint density at radius 1 is 1.60 bits per heavy atom. The third kappa shape index (κ3) is 0.966. The molecule has 0 heterocycles. The molecule has 10 heavy (non-hydrogen) atoms. The number of hydrogen-bond donors (Lipinski definition) is 1. The Morgan fingerprint density at radius 3 is 2.20 bits per heavy atom. The van der Waals surface area contributed by atoms with Gasteiger partial charge >= 0.3 is 0 Å². The summed E-state index contributed by atoms with van der Waals surface area (Å²) < 4.78 is 0. The molecule has 0 aliphatic heterocycles. The zero-order chi connectivity index (χ0) is 7.78. The standard InChI is InChI=1S/C8H15NO/c1-6(2)8(3-4-8)7(10)5-9/h6H,3-5,9H2,1-2H3. The van der Waals surface area contributed by atoms with Gasteiger partial charge in [-0.25, -0.2) is 0 Å². The second kappa shape index (κ2) is 2.35. The zero-order valence-corrected chi connectivity index (χ0v) is 6.68. The molecule has 0 unspecified atom stereocenters. The minimum Gasteiger partial charge on any atom is -0.324 e. The highest BCUT2D eigenvalue weighted by Gasteiger charge is 2.50. The molecular formula is C8H15NO. The maximum absolute atomic E-state index is 11.2. The van der Waals surface area contributed by atoms with Gasteiger partial charge in [0, 0.05) is 5.41 Å². The number of carbonyl (C=O) groups excluding carboxylic acids is 1. The molecule has 0 saturated heterocycles. The fourth-order valence-corrected chi connectivity index (χ4v) is 1.52. The summed E-state index contributed by atoms with van der Waals surface area (Å²) in [6.45, 7) is 4.42. The Labute approximate surface area is 61.8 Å². The van der Waals surface area contributed by atoms with Crippen molar-refractivity contribution >= 4 is 5.78 Å². The monoisotopic (exact) mass is 141 g/mol. The minimum atomic E-state index is -0.00521. The van der Waals surface area contributed by atoms with E-state index in [0.29, 0.717) is 5.92 Å². The van der Waals surface area contributed by atoms with Gasteiger partial charge in [-0.1, -0.05) is 13.8 Å². The molecule has 0 aromatic carbocycles. The molecule has 1 rings (SSSR count). The average molecular weight is 141 g/mol. The van der Waals surface area contributed by atoms with Crippen molar-refractivity contribution in [3.63, 3.8) is 0 Å². The molecule has 1 fully saturated rings. The summed E-state index contributed by atoms with van der Waals surface area (Å²) >= 11 is 0. The van der Waals surface area contributed by atoms with Gasteiger partial charge in [-0.15, -0.1) is 0 Å². The number of carbonyl (C=O) groups is 1. The van der Waals surface area contributed by atoms with Crippen molar-refractivity contribution in [3.8, 4) is 0 Å². The van der Waals surface area contributed by atoms with Crippen molar-refractivity contribution < 1.29 is 4.79 Å². The van der Waals surface area contributed by atoms with E-state index < -0.39 is 0 Å². The van der Waals surface area contributed by atoms with Crippen LogP contribution in [0, 0.1) is 11.3 Å². The number of ketones is 1. The molecule has 1 aliphatic rings. The van der Waals surface area contributed by atoms with Gasteiger partial charge in [-0.2, -0.15) is 0 Å². The summed E-state index contributed by atoms with van der Waals surface area (Å²) in [4.78, 5) is 11.2. The molecule has 58 valence electrons. The van der Waals surface area contributed by atoms with Crippen LogP contribution in [0.2, 0.25) is 0 Å². The Kier molecular flexibility index (Phi) is 1.82. The summed E-state index contributed by atoms with van der Waals surface area (Å²) in [6.07, 6.45) is 2.11. The number of hydrogen-bond acceptors (Lipinski definition) is 2. The predicted octanol–water partition coefficient (Wildman–Crippen LogP) is 0.950. The second-order valence-corrected chi connectivity index (χ2v) is 3.44. The quantitative estimate of drug-likeness (QED) is 0.636. The summed E-state index contributed by atoms with van der Waals surface area (Å²) in [5, 5.41) is 0. The van der Waals surface area contributed by atoms with Crippen molar-refractivity contribution in [3.05, 3.63) is 0 Å². The highest BCUT2D eigenvalue weighted by molar-refractivity contribution is 5.89. The SMILES string of the molecule is CC(C)C1(C(=O)CN)CC1. The zero-order valence-electron chi connectivity index (χ0n) is 6.68. The van der Waals surface area contributed by atoms with Crippen LogP contribution in [0.25, 0.3) is 0 Å². The third-order valence-electron chi connectivity index (χ3n) is 2.63. The lowest BCUT2D eigenvalue weighted by atomic mass is 9.88. The van der Waals surface area contributed by atoms with Crippen molar-refractivity contribution in [2.75, 3.05) is 6.54 Å². The van der Waals surface area contributed by atoms with E-state index in [-0.39, 0.29) is 17.7 Å². The maximum Gasteiger partial charge on any atom is 0.152 e. The molecule has 2 N–H and O–H groups in total. The Hall–Kier alpha value is -0.370. The minimum absolute atomic E-state index is 0.00521. The number of Topliss-reactive ketones (excluding diaryl/α,β-unsaturated/α-hetero) is 1. The summed E-state index contributed by atoms with van der Waals surface area (Å²) in [5.41, 5.74) is 5.28. The lowest BCUT2D eigenvalue weighted by molar-refractivity contribution is -0.124. The highest BCUT2D eigenvalue weighted by Crippen LogP contribution is 2.52. The molecule has 0 radical (unpaired) electrons. The molecule has 1 aliphatic carbocycles. The van der Waals surface area contributed by atoms with Crippen LogP contribution in [0.5, 0.6) is 0 Å². The molecule has 2 nitrogen and oxygen atoms in total. The fraction of sp³-hybridized carbons (Fsp3) is 0.875. The van der Waals surface area contributed by atoms with Crippen LogP contribution in [-0.2, 0) is 4.79 Å². The summed E-state index contributed by atoms with van der Waals surface area (Å²) in [7, 11) is 0. The van der Waals surface area contributed by atoms with E-state index in [1.807, 2.05) is 0 Å². The van der Waals surface area contributed by atoms with Gasteiger partial charge < -0.3 is 5.73 Å². The predicted molar refractivity (Wildman–Crippen MR) is 40.6 cm³/mol. The molecule has 0 spiro atoms. The highest BCUT2D eigenvalue weighted by atomic mass is 16.1. The van der Waals surface area contributed by atoms with Crippen LogP contribution in [0.15, 0.2) is 0 Å². The van der Waals surface area contributed by atoms with Gasteiger partial charge in [0.2, 0.25) is 0 Å². The largest absolute Gasteiger partial charge is 0.324 e. The first kappa shape index (κ1) is 7.73. The van der Waals surface area contributed by atoms with Gasteiger partial charge in [0.15, 0.2) is 5.78 Å². The van der Waals surface area contributed by atoms with E-state index in [0.717, 1.165) is 12.8 Å². The maximum atomic E-state index is 11.2. The van der Waals surface area contributed by atoms with E-state index in [2.05, 4.69) is 13.8 Å². The first-order valence-corrected chi connectivity index (χ1v) is 3.87. The normalized spacial score (nSPS) is 21.2. The van der Waals surface area contributed by atoms with Crippen LogP contribution in [0.4, 0.5) is 0 Å². The third-order valence-corrected chi connectivity index (χ3v) is 2.63. The Bertz CT molecular complexity index is 147. The first-order chi connectivity index (χ1) is 4.63. The van der Waals surface area contributed by atoms with Gasteiger partial charge in [-0.05, 0) is 18.8 Å². The van der Waals surface area contributed by atoms with Crippen LogP contribution in [-0.4, -0.2) is 12.3 Å². The van der Waals surface area contributed by atoms with E-state index >= 15 is 0 Å².